The zero-order valence-corrected chi connectivity index (χ0v) is 7.79. The Morgan fingerprint density at radius 1 is 1.54 bits per heavy atom. The maximum Gasteiger partial charge on any atom is 0.407 e. The molecule has 13 heavy (non-hydrogen) atoms. The van der Waals surface area contributed by atoms with E-state index >= 15 is 0 Å². The summed E-state index contributed by atoms with van der Waals surface area (Å²) in [7, 11) is 1.30. The van der Waals surface area contributed by atoms with Crippen molar-refractivity contribution in [2.45, 2.75) is 31.7 Å². The van der Waals surface area contributed by atoms with Crippen molar-refractivity contribution in [2.75, 3.05) is 7.11 Å². The first-order valence-corrected chi connectivity index (χ1v) is 4.57. The molecule has 1 saturated carbocycles. The zero-order valence-electron chi connectivity index (χ0n) is 7.79. The normalized spacial score (nSPS) is 19.5. The van der Waals surface area contributed by atoms with E-state index in [1.54, 1.807) is 0 Å². The van der Waals surface area contributed by atoms with Crippen molar-refractivity contribution in [3.05, 3.63) is 0 Å². The first kappa shape index (κ1) is 10.0. The number of ether oxygens (including phenoxy) is 1. The number of carbonyl (C=O) groups excluding carboxylic acids is 2. The topological polar surface area (TPSA) is 55.4 Å². The average Bonchev–Trinajstić information content (AvgIpc) is 2.66. The summed E-state index contributed by atoms with van der Waals surface area (Å²) in [5.74, 6) is 0.302. The summed E-state index contributed by atoms with van der Waals surface area (Å²) in [6.45, 7) is 0. The smallest absolute Gasteiger partial charge is 0.407 e. The third-order valence-corrected chi connectivity index (χ3v) is 2.52. The van der Waals surface area contributed by atoms with Gasteiger partial charge in [0.05, 0.1) is 13.2 Å². The molecule has 1 amide bonds. The fourth-order valence-electron chi connectivity index (χ4n) is 1.77. The Morgan fingerprint density at radius 2 is 2.15 bits per heavy atom. The van der Waals surface area contributed by atoms with Crippen LogP contribution in [0.25, 0.3) is 0 Å². The SMILES string of the molecule is COC(=O)N[C@H](C=O)C1CCCC1. The Labute approximate surface area is 77.6 Å². The molecule has 4 nitrogen and oxygen atoms in total. The van der Waals surface area contributed by atoms with Crippen LogP contribution in [0, 0.1) is 5.92 Å². The molecular formula is C9H15NO3. The fraction of sp³-hybridized carbons (Fsp3) is 0.778. The van der Waals surface area contributed by atoms with Crippen molar-refractivity contribution in [3.8, 4) is 0 Å². The van der Waals surface area contributed by atoms with Gasteiger partial charge in [0.15, 0.2) is 0 Å². The van der Waals surface area contributed by atoms with Crippen molar-refractivity contribution >= 4 is 12.4 Å². The van der Waals surface area contributed by atoms with Crippen LogP contribution in [0.1, 0.15) is 25.7 Å². The molecule has 0 saturated heterocycles. The minimum atomic E-state index is -0.524. The van der Waals surface area contributed by atoms with Gasteiger partial charge in [0.1, 0.15) is 6.29 Å². The van der Waals surface area contributed by atoms with Crippen LogP contribution in [0.4, 0.5) is 4.79 Å². The summed E-state index contributed by atoms with van der Waals surface area (Å²) >= 11 is 0. The second kappa shape index (κ2) is 4.84. The van der Waals surface area contributed by atoms with Gasteiger partial charge >= 0.3 is 6.09 Å². The maximum absolute atomic E-state index is 10.8. The predicted octanol–water partition coefficient (Wildman–Crippen LogP) is 1.10. The quantitative estimate of drug-likeness (QED) is 0.670. The average molecular weight is 185 g/mol. The third-order valence-electron chi connectivity index (χ3n) is 2.52. The number of rotatable bonds is 3. The van der Waals surface area contributed by atoms with Crippen LogP contribution in [-0.2, 0) is 9.53 Å². The molecule has 4 heteroatoms. The summed E-state index contributed by atoms with van der Waals surface area (Å²) in [5.41, 5.74) is 0. The molecule has 1 fully saturated rings. The molecule has 74 valence electrons. The lowest BCUT2D eigenvalue weighted by molar-refractivity contribution is -0.110. The molecule has 0 spiro atoms. The fourth-order valence-corrected chi connectivity index (χ4v) is 1.77. The molecule has 0 aromatic carbocycles. The van der Waals surface area contributed by atoms with Crippen LogP contribution in [0.2, 0.25) is 0 Å². The van der Waals surface area contributed by atoms with E-state index in [9.17, 15) is 9.59 Å². The Balaban J connectivity index is 2.41. The largest absolute Gasteiger partial charge is 0.453 e. The van der Waals surface area contributed by atoms with E-state index in [0.717, 1.165) is 32.0 Å². The van der Waals surface area contributed by atoms with Gasteiger partial charge in [0.25, 0.3) is 0 Å². The van der Waals surface area contributed by atoms with Crippen LogP contribution in [0.3, 0.4) is 0 Å². The number of amides is 1. The highest BCUT2D eigenvalue weighted by atomic mass is 16.5. The van der Waals surface area contributed by atoms with Gasteiger partial charge in [-0.25, -0.2) is 4.79 Å². The zero-order chi connectivity index (χ0) is 9.68. The summed E-state index contributed by atoms with van der Waals surface area (Å²) in [5, 5.41) is 2.53. The summed E-state index contributed by atoms with van der Waals surface area (Å²) in [4.78, 5) is 21.5. The van der Waals surface area contributed by atoms with E-state index in [4.69, 9.17) is 0 Å². The monoisotopic (exact) mass is 185 g/mol. The molecule has 1 N–H and O–H groups in total. The number of carbonyl (C=O) groups is 2. The predicted molar refractivity (Wildman–Crippen MR) is 47.4 cm³/mol. The number of alkyl carbamates (subject to hydrolysis) is 1. The van der Waals surface area contributed by atoms with Crippen molar-refractivity contribution in [1.29, 1.82) is 0 Å². The first-order valence-electron chi connectivity index (χ1n) is 4.57. The van der Waals surface area contributed by atoms with Gasteiger partial charge in [-0.1, -0.05) is 12.8 Å². The minimum Gasteiger partial charge on any atom is -0.453 e. The maximum atomic E-state index is 10.8. The Hall–Kier alpha value is -1.06. The molecular weight excluding hydrogens is 170 g/mol. The highest BCUT2D eigenvalue weighted by Gasteiger charge is 2.25. The van der Waals surface area contributed by atoms with E-state index < -0.39 is 6.09 Å². The van der Waals surface area contributed by atoms with E-state index in [-0.39, 0.29) is 6.04 Å². The van der Waals surface area contributed by atoms with Gasteiger partial charge in [-0.2, -0.15) is 0 Å². The van der Waals surface area contributed by atoms with Crippen LogP contribution < -0.4 is 5.32 Å². The van der Waals surface area contributed by atoms with E-state index in [1.807, 2.05) is 0 Å². The van der Waals surface area contributed by atoms with Gasteiger partial charge in [0.2, 0.25) is 0 Å². The Kier molecular flexibility index (Phi) is 3.73. The number of hydrogen-bond acceptors (Lipinski definition) is 3. The summed E-state index contributed by atoms with van der Waals surface area (Å²) in [6.07, 6.45) is 4.62. The molecule has 0 bridgehead atoms. The minimum absolute atomic E-state index is 0.302. The standard InChI is InChI=1S/C9H15NO3/c1-13-9(12)10-8(6-11)7-4-2-3-5-7/h6-8H,2-5H2,1H3,(H,10,12)/t8-/m1/s1. The molecule has 0 aromatic heterocycles. The molecule has 0 radical (unpaired) electrons. The molecule has 1 aliphatic rings. The van der Waals surface area contributed by atoms with Crippen molar-refractivity contribution < 1.29 is 14.3 Å². The summed E-state index contributed by atoms with van der Waals surface area (Å²) in [6, 6.07) is -0.366. The van der Waals surface area contributed by atoms with Gasteiger partial charge in [0, 0.05) is 0 Å². The number of aldehydes is 1. The molecule has 0 aliphatic heterocycles. The third kappa shape index (κ3) is 2.72. The van der Waals surface area contributed by atoms with Crippen LogP contribution in [0.15, 0.2) is 0 Å². The lowest BCUT2D eigenvalue weighted by Crippen LogP contribution is -2.40. The molecule has 0 unspecified atom stereocenters. The highest BCUT2D eigenvalue weighted by Crippen LogP contribution is 2.26. The van der Waals surface area contributed by atoms with Crippen molar-refractivity contribution in [2.24, 2.45) is 5.92 Å². The first-order chi connectivity index (χ1) is 6.27. The van der Waals surface area contributed by atoms with Crippen LogP contribution in [-0.4, -0.2) is 25.5 Å². The Bertz CT molecular complexity index is 187. The molecule has 0 heterocycles. The van der Waals surface area contributed by atoms with Gasteiger partial charge < -0.3 is 14.8 Å². The Morgan fingerprint density at radius 3 is 2.62 bits per heavy atom. The second-order valence-electron chi connectivity index (χ2n) is 3.34. The van der Waals surface area contributed by atoms with Crippen molar-refractivity contribution in [1.82, 2.24) is 5.32 Å². The number of hydrogen-bond donors (Lipinski definition) is 1. The van der Waals surface area contributed by atoms with E-state index in [1.165, 1.54) is 7.11 Å². The summed E-state index contributed by atoms with van der Waals surface area (Å²) < 4.78 is 4.43. The van der Waals surface area contributed by atoms with Gasteiger partial charge in [-0.05, 0) is 18.8 Å². The molecule has 1 rings (SSSR count). The van der Waals surface area contributed by atoms with E-state index in [2.05, 4.69) is 10.1 Å². The van der Waals surface area contributed by atoms with Crippen LogP contribution in [0.5, 0.6) is 0 Å². The van der Waals surface area contributed by atoms with Crippen LogP contribution >= 0.6 is 0 Å². The molecule has 1 atom stereocenters. The number of nitrogens with one attached hydrogen (secondary N) is 1. The van der Waals surface area contributed by atoms with Gasteiger partial charge in [-0.15, -0.1) is 0 Å². The van der Waals surface area contributed by atoms with Crippen molar-refractivity contribution in [3.63, 3.8) is 0 Å². The lowest BCUT2D eigenvalue weighted by Gasteiger charge is -2.17. The second-order valence-corrected chi connectivity index (χ2v) is 3.34. The molecule has 1 aliphatic carbocycles. The van der Waals surface area contributed by atoms with E-state index in [0.29, 0.717) is 5.92 Å². The number of methoxy groups -OCH3 is 1. The molecule has 0 aromatic rings. The lowest BCUT2D eigenvalue weighted by atomic mass is 10.00. The van der Waals surface area contributed by atoms with Gasteiger partial charge in [-0.3, -0.25) is 0 Å². The highest BCUT2D eigenvalue weighted by molar-refractivity contribution is 5.73.